The minimum atomic E-state index is 0.130. The lowest BCUT2D eigenvalue weighted by Gasteiger charge is -2.31. The van der Waals surface area contributed by atoms with Crippen molar-refractivity contribution in [3.05, 3.63) is 240 Å². The number of hydrogen-bond acceptors (Lipinski definition) is 2. The summed E-state index contributed by atoms with van der Waals surface area (Å²) < 4.78 is 0. The van der Waals surface area contributed by atoms with Gasteiger partial charge in [-0.3, -0.25) is 0 Å². The summed E-state index contributed by atoms with van der Waals surface area (Å²) in [6.45, 7) is 22.4. The van der Waals surface area contributed by atoms with Crippen LogP contribution >= 0.6 is 0 Å². The van der Waals surface area contributed by atoms with Crippen LogP contribution in [0.15, 0.2) is 206 Å². The Morgan fingerprint density at radius 1 is 0.338 bits per heavy atom. The van der Waals surface area contributed by atoms with Crippen molar-refractivity contribution in [3.63, 3.8) is 0 Å². The summed E-state index contributed by atoms with van der Waals surface area (Å²) in [6.07, 6.45) is 6.28. The van der Waals surface area contributed by atoms with E-state index < -0.39 is 0 Å². The predicted molar refractivity (Wildman–Crippen MR) is 324 cm³/mol. The zero-order chi connectivity index (χ0) is 51.9. The number of hydrogen-bond donors (Lipinski definition) is 0. The monoisotopic (exact) mass is 967 g/mol. The molecular formula is C72H74N2. The first kappa shape index (κ1) is 51.2. The lowest BCUT2D eigenvalue weighted by atomic mass is 9.78. The Morgan fingerprint density at radius 3 is 1.05 bits per heavy atom. The van der Waals surface area contributed by atoms with Crippen molar-refractivity contribution in [3.8, 4) is 33.4 Å². The zero-order valence-electron chi connectivity index (χ0n) is 45.6. The molecule has 10 aromatic rings. The molecule has 0 aliphatic heterocycles. The van der Waals surface area contributed by atoms with Crippen LogP contribution in [-0.4, -0.2) is 0 Å². The van der Waals surface area contributed by atoms with Gasteiger partial charge < -0.3 is 9.80 Å². The molecule has 0 radical (unpaired) electrons. The summed E-state index contributed by atoms with van der Waals surface area (Å²) in [6, 6.07) is 76.8. The minimum Gasteiger partial charge on any atom is -0.310 e. The Balaban J connectivity index is 0.00000128. The van der Waals surface area contributed by atoms with Crippen molar-refractivity contribution < 1.29 is 0 Å². The molecule has 0 N–H and O–H groups in total. The van der Waals surface area contributed by atoms with Gasteiger partial charge >= 0.3 is 0 Å². The molecule has 372 valence electrons. The summed E-state index contributed by atoms with van der Waals surface area (Å²) in [5, 5.41) is 5.02. The Morgan fingerprint density at radius 2 is 0.703 bits per heavy atom. The standard InChI is InChI=1S/C67H62N2.C5H12/c1-9-67(8,10-2)56-18-14-22-62(44-56)69(61-21-13-17-47(5)41-61)58-35-29-51(30-36-58)53-32-38-64-55(43-53)26-24-49(7)66(64)65-48(6)23-25-54-42-52(31-37-63(54)65)50-27-33-57(34-28-50)68(59-19-11-15-45(3)39-59)60-20-12-16-46(4)40-60;1-3-5-4-2/h11-44H,9-10H2,1-8H3;3-5H2,1-2H3. The molecule has 0 aliphatic rings. The smallest absolute Gasteiger partial charge is 0.0464 e. The van der Waals surface area contributed by atoms with Crippen molar-refractivity contribution in [2.24, 2.45) is 0 Å². The molecule has 0 aromatic heterocycles. The van der Waals surface area contributed by atoms with Gasteiger partial charge in [0.05, 0.1) is 0 Å². The molecule has 2 nitrogen and oxygen atoms in total. The lowest BCUT2D eigenvalue weighted by Crippen LogP contribution is -2.20. The van der Waals surface area contributed by atoms with Gasteiger partial charge in [-0.25, -0.2) is 0 Å². The molecule has 0 saturated heterocycles. The summed E-state index contributed by atoms with van der Waals surface area (Å²) in [5.41, 5.74) is 22.1. The normalized spacial score (nSPS) is 11.4. The van der Waals surface area contributed by atoms with E-state index in [1.54, 1.807) is 0 Å². The van der Waals surface area contributed by atoms with E-state index >= 15 is 0 Å². The van der Waals surface area contributed by atoms with E-state index in [4.69, 9.17) is 0 Å². The number of rotatable bonds is 14. The van der Waals surface area contributed by atoms with E-state index in [0.717, 1.165) is 41.3 Å². The van der Waals surface area contributed by atoms with Crippen LogP contribution in [-0.2, 0) is 5.41 Å². The second-order valence-electron chi connectivity index (χ2n) is 20.8. The van der Waals surface area contributed by atoms with Crippen LogP contribution in [0, 0.1) is 34.6 Å². The van der Waals surface area contributed by atoms with Gasteiger partial charge in [-0.15, -0.1) is 0 Å². The lowest BCUT2D eigenvalue weighted by molar-refractivity contribution is 0.439. The Bertz CT molecular complexity index is 3490. The molecule has 74 heavy (non-hydrogen) atoms. The molecule has 0 fully saturated rings. The Kier molecular flexibility index (Phi) is 15.7. The van der Waals surface area contributed by atoms with Gasteiger partial charge in [-0.05, 0) is 226 Å². The third kappa shape index (κ3) is 10.8. The molecular weight excluding hydrogens is 893 g/mol. The van der Waals surface area contributed by atoms with Crippen molar-refractivity contribution >= 4 is 55.7 Å². The molecule has 2 heteroatoms. The highest BCUT2D eigenvalue weighted by molar-refractivity contribution is 6.09. The molecule has 10 aromatic carbocycles. The van der Waals surface area contributed by atoms with Crippen molar-refractivity contribution in [1.29, 1.82) is 0 Å². The average molecular weight is 967 g/mol. The number of anilines is 6. The fourth-order valence-corrected chi connectivity index (χ4v) is 10.7. The fraction of sp³-hybridized carbons (Fsp3) is 0.222. The summed E-state index contributed by atoms with van der Waals surface area (Å²) in [4.78, 5) is 4.75. The predicted octanol–water partition coefficient (Wildman–Crippen LogP) is 21.7. The second-order valence-corrected chi connectivity index (χ2v) is 20.8. The van der Waals surface area contributed by atoms with E-state index in [1.807, 2.05) is 0 Å². The van der Waals surface area contributed by atoms with Crippen LogP contribution in [0.25, 0.3) is 54.9 Å². The van der Waals surface area contributed by atoms with E-state index in [0.29, 0.717) is 0 Å². The van der Waals surface area contributed by atoms with Crippen LogP contribution in [0.4, 0.5) is 34.1 Å². The number of nitrogens with zero attached hydrogens (tertiary/aromatic N) is 2. The third-order valence-electron chi connectivity index (χ3n) is 15.5. The highest BCUT2D eigenvalue weighted by Gasteiger charge is 2.24. The Hall–Kier alpha value is -7.68. The van der Waals surface area contributed by atoms with Crippen LogP contribution in [0.3, 0.4) is 0 Å². The summed E-state index contributed by atoms with van der Waals surface area (Å²) >= 11 is 0. The molecule has 0 unspecified atom stereocenters. The maximum atomic E-state index is 2.40. The maximum Gasteiger partial charge on any atom is 0.0464 e. The highest BCUT2D eigenvalue weighted by atomic mass is 15.1. The number of aryl methyl sites for hydroxylation is 5. The van der Waals surface area contributed by atoms with Crippen molar-refractivity contribution in [2.75, 3.05) is 9.80 Å². The van der Waals surface area contributed by atoms with E-state index in [2.05, 4.69) is 285 Å². The second kappa shape index (κ2) is 22.6. The molecule has 0 heterocycles. The third-order valence-corrected chi connectivity index (χ3v) is 15.5. The topological polar surface area (TPSA) is 6.48 Å². The van der Waals surface area contributed by atoms with Crippen LogP contribution in [0.5, 0.6) is 0 Å². The minimum absolute atomic E-state index is 0.130. The van der Waals surface area contributed by atoms with Gasteiger partial charge in [0, 0.05) is 34.1 Å². The summed E-state index contributed by atoms with van der Waals surface area (Å²) in [7, 11) is 0. The van der Waals surface area contributed by atoms with Gasteiger partial charge in [0.1, 0.15) is 0 Å². The van der Waals surface area contributed by atoms with Crippen molar-refractivity contribution in [2.45, 2.75) is 107 Å². The summed E-state index contributed by atoms with van der Waals surface area (Å²) in [5.74, 6) is 0. The average Bonchev–Trinajstić information content (AvgIpc) is 3.42. The number of benzene rings is 10. The van der Waals surface area contributed by atoms with Gasteiger partial charge in [-0.1, -0.05) is 175 Å². The molecule has 10 rings (SSSR count). The van der Waals surface area contributed by atoms with Crippen LogP contribution < -0.4 is 9.80 Å². The van der Waals surface area contributed by atoms with Crippen LogP contribution in [0.1, 0.15) is 100 Å². The first-order valence-corrected chi connectivity index (χ1v) is 27.1. The van der Waals surface area contributed by atoms with Gasteiger partial charge in [0.15, 0.2) is 0 Å². The molecule has 0 saturated carbocycles. The Labute approximate surface area is 443 Å². The first-order valence-electron chi connectivity index (χ1n) is 27.1. The van der Waals surface area contributed by atoms with Crippen molar-refractivity contribution in [1.82, 2.24) is 0 Å². The number of unbranched alkanes of at least 4 members (excludes halogenated alkanes) is 2. The molecule has 0 bridgehead atoms. The fourth-order valence-electron chi connectivity index (χ4n) is 10.7. The van der Waals surface area contributed by atoms with Gasteiger partial charge in [0.2, 0.25) is 0 Å². The largest absolute Gasteiger partial charge is 0.310 e. The molecule has 0 amide bonds. The molecule has 0 aliphatic carbocycles. The molecule has 0 atom stereocenters. The molecule has 0 spiro atoms. The first-order chi connectivity index (χ1) is 35.9. The maximum absolute atomic E-state index is 2.40. The van der Waals surface area contributed by atoms with E-state index in [9.17, 15) is 0 Å². The van der Waals surface area contributed by atoms with Gasteiger partial charge in [-0.2, -0.15) is 0 Å². The highest BCUT2D eigenvalue weighted by Crippen LogP contribution is 2.43. The van der Waals surface area contributed by atoms with Gasteiger partial charge in [0.25, 0.3) is 0 Å². The quantitative estimate of drug-likeness (QED) is 0.107. The van der Waals surface area contributed by atoms with Crippen LogP contribution in [0.2, 0.25) is 0 Å². The van der Waals surface area contributed by atoms with E-state index in [1.165, 1.54) is 113 Å². The van der Waals surface area contributed by atoms with E-state index in [-0.39, 0.29) is 5.41 Å². The SMILES string of the molecule is CCC(C)(CC)c1cccc(N(c2ccc(-c3ccc4c(-c5c(C)ccc6cc(-c7ccc(N(c8cccc(C)c8)c8cccc(C)c8)cc7)ccc56)c(C)ccc4c3)cc2)c2cccc(C)c2)c1.CCCCC. The number of fused-ring (bicyclic) bond motifs is 2. The zero-order valence-corrected chi connectivity index (χ0v) is 45.6.